The number of amides is 1. The van der Waals surface area contributed by atoms with E-state index in [2.05, 4.69) is 20.5 Å². The number of guanidine groups is 1. The van der Waals surface area contributed by atoms with E-state index >= 15 is 0 Å². The summed E-state index contributed by atoms with van der Waals surface area (Å²) in [4.78, 5) is 20.9. The van der Waals surface area contributed by atoms with Crippen molar-refractivity contribution in [2.45, 2.75) is 32.2 Å². The van der Waals surface area contributed by atoms with Crippen molar-refractivity contribution in [2.75, 3.05) is 51.3 Å². The van der Waals surface area contributed by atoms with Crippen LogP contribution in [0.3, 0.4) is 0 Å². The molecule has 1 aromatic rings. The molecule has 0 bridgehead atoms. The number of anilines is 1. The van der Waals surface area contributed by atoms with Crippen LogP contribution in [0.1, 0.15) is 26.2 Å². The molecule has 3 rings (SSSR count). The van der Waals surface area contributed by atoms with Gasteiger partial charge in [-0.3, -0.25) is 4.79 Å². The first-order valence-electron chi connectivity index (χ1n) is 10.0. The fourth-order valence-electron chi connectivity index (χ4n) is 3.73. The Hall–Kier alpha value is -1.42. The van der Waals surface area contributed by atoms with Crippen molar-refractivity contribution in [3.05, 3.63) is 23.2 Å². The summed E-state index contributed by atoms with van der Waals surface area (Å²) < 4.78 is 5.48. The second-order valence-corrected chi connectivity index (χ2v) is 7.61. The molecule has 9 heteroatoms. The van der Waals surface area contributed by atoms with Crippen molar-refractivity contribution in [1.82, 2.24) is 15.5 Å². The topological polar surface area (TPSA) is 69.2 Å². The Morgan fingerprint density at radius 3 is 2.76 bits per heavy atom. The summed E-state index contributed by atoms with van der Waals surface area (Å²) in [5.74, 6) is 1.62. The molecule has 1 atom stereocenters. The maximum atomic E-state index is 12.3. The van der Waals surface area contributed by atoms with Gasteiger partial charge in [0.25, 0.3) is 0 Å². The third-order valence-electron chi connectivity index (χ3n) is 5.19. The number of nitrogens with one attached hydrogen (secondary N) is 2. The molecule has 0 aliphatic carbocycles. The normalized spacial score (nSPS) is 19.1. The largest absolute Gasteiger partial charge is 0.495 e. The van der Waals surface area contributed by atoms with Crippen LogP contribution in [0, 0.1) is 0 Å². The number of carbonyl (C=O) groups is 1. The van der Waals surface area contributed by atoms with E-state index in [0.29, 0.717) is 11.0 Å². The maximum absolute atomic E-state index is 12.3. The van der Waals surface area contributed by atoms with Gasteiger partial charge in [-0.1, -0.05) is 11.6 Å². The van der Waals surface area contributed by atoms with Crippen molar-refractivity contribution in [3.63, 3.8) is 0 Å². The van der Waals surface area contributed by atoms with Crippen LogP contribution in [-0.2, 0) is 4.79 Å². The van der Waals surface area contributed by atoms with E-state index in [1.54, 1.807) is 7.11 Å². The van der Waals surface area contributed by atoms with Crippen LogP contribution < -0.4 is 20.3 Å². The lowest BCUT2D eigenvalue weighted by Crippen LogP contribution is -2.45. The molecule has 2 fully saturated rings. The molecule has 2 aliphatic heterocycles. The van der Waals surface area contributed by atoms with E-state index in [1.807, 2.05) is 30.0 Å². The smallest absolute Gasteiger partial charge is 0.244 e. The molecule has 2 N–H and O–H groups in total. The number of nitrogens with zero attached hydrogens (tertiary/aromatic N) is 3. The quantitative estimate of drug-likeness (QED) is 0.333. The highest BCUT2D eigenvalue weighted by Gasteiger charge is 2.26. The van der Waals surface area contributed by atoms with Gasteiger partial charge in [-0.2, -0.15) is 0 Å². The Labute approximate surface area is 195 Å². The highest BCUT2D eigenvalue weighted by Crippen LogP contribution is 2.33. The Morgan fingerprint density at radius 2 is 2.07 bits per heavy atom. The molecule has 2 saturated heterocycles. The summed E-state index contributed by atoms with van der Waals surface area (Å²) in [7, 11) is 1.67. The van der Waals surface area contributed by atoms with Gasteiger partial charge in [0.15, 0.2) is 5.96 Å². The van der Waals surface area contributed by atoms with Crippen LogP contribution in [0.25, 0.3) is 0 Å². The number of carbonyl (C=O) groups excluding carboxylic acids is 1. The minimum absolute atomic E-state index is 0. The molecule has 0 saturated carbocycles. The van der Waals surface area contributed by atoms with Crippen LogP contribution in [0.4, 0.5) is 5.69 Å². The van der Waals surface area contributed by atoms with E-state index < -0.39 is 0 Å². The van der Waals surface area contributed by atoms with Gasteiger partial charge >= 0.3 is 0 Å². The molecule has 2 aliphatic rings. The number of likely N-dealkylation sites (tertiary alicyclic amines) is 1. The summed E-state index contributed by atoms with van der Waals surface area (Å²) >= 11 is 6.18. The van der Waals surface area contributed by atoms with Crippen LogP contribution in [-0.4, -0.2) is 69.2 Å². The second kappa shape index (κ2) is 11.7. The number of benzene rings is 1. The van der Waals surface area contributed by atoms with Crippen LogP contribution >= 0.6 is 35.6 Å². The van der Waals surface area contributed by atoms with E-state index in [-0.39, 0.29) is 42.5 Å². The number of hydrogen-bond acceptors (Lipinski definition) is 4. The Bertz CT molecular complexity index is 712. The van der Waals surface area contributed by atoms with Gasteiger partial charge in [0.1, 0.15) is 12.3 Å². The number of rotatable bonds is 6. The Balaban J connectivity index is 0.00000300. The average molecular weight is 536 g/mol. The van der Waals surface area contributed by atoms with Gasteiger partial charge in [-0.25, -0.2) is 4.99 Å². The lowest BCUT2D eigenvalue weighted by molar-refractivity contribution is -0.128. The van der Waals surface area contributed by atoms with Crippen molar-refractivity contribution < 1.29 is 9.53 Å². The number of methoxy groups -OCH3 is 1. The molecule has 29 heavy (non-hydrogen) atoms. The SMILES string of the molecule is CCNC(=NCC(=O)N1CCCC1)NC1CCN(c2cc(Cl)ccc2OC)C1.I. The maximum Gasteiger partial charge on any atom is 0.244 e. The number of hydrogen-bond donors (Lipinski definition) is 2. The standard InChI is InChI=1S/C20H30ClN5O2.HI/c1-3-22-20(23-13-19(27)25-9-4-5-10-25)24-16-8-11-26(14-16)17-12-15(21)6-7-18(17)28-2;/h6-7,12,16H,3-5,8-11,13-14H2,1-2H3,(H2,22,23,24);1H. The lowest BCUT2D eigenvalue weighted by Gasteiger charge is -2.22. The molecule has 0 spiro atoms. The minimum atomic E-state index is 0. The Morgan fingerprint density at radius 1 is 1.31 bits per heavy atom. The average Bonchev–Trinajstić information content (AvgIpc) is 3.38. The van der Waals surface area contributed by atoms with Crippen molar-refractivity contribution in [1.29, 1.82) is 0 Å². The molecule has 0 aromatic heterocycles. The number of halogens is 2. The summed E-state index contributed by atoms with van der Waals surface area (Å²) in [5, 5.41) is 7.41. The predicted octanol–water partition coefficient (Wildman–Crippen LogP) is 2.72. The highest BCUT2D eigenvalue weighted by atomic mass is 127. The van der Waals surface area contributed by atoms with Gasteiger partial charge in [-0.05, 0) is 44.4 Å². The number of aliphatic imine (C=N–C) groups is 1. The molecule has 2 heterocycles. The van der Waals surface area contributed by atoms with Crippen molar-refractivity contribution in [3.8, 4) is 5.75 Å². The monoisotopic (exact) mass is 535 g/mol. The van der Waals surface area contributed by atoms with Gasteiger partial charge in [0, 0.05) is 43.8 Å². The van der Waals surface area contributed by atoms with E-state index in [1.165, 1.54) is 0 Å². The highest BCUT2D eigenvalue weighted by molar-refractivity contribution is 14.0. The van der Waals surface area contributed by atoms with Gasteiger partial charge in [-0.15, -0.1) is 24.0 Å². The first-order chi connectivity index (χ1) is 13.6. The summed E-state index contributed by atoms with van der Waals surface area (Å²) in [5.41, 5.74) is 1.01. The van der Waals surface area contributed by atoms with Crippen LogP contribution in [0.5, 0.6) is 5.75 Å². The summed E-state index contributed by atoms with van der Waals surface area (Å²) in [6.45, 7) is 6.41. The van der Waals surface area contributed by atoms with Gasteiger partial charge < -0.3 is 25.2 Å². The number of ether oxygens (including phenoxy) is 1. The molecular formula is C20H31ClIN5O2. The zero-order chi connectivity index (χ0) is 19.9. The minimum Gasteiger partial charge on any atom is -0.495 e. The first-order valence-corrected chi connectivity index (χ1v) is 10.4. The summed E-state index contributed by atoms with van der Waals surface area (Å²) in [6, 6.07) is 5.91. The van der Waals surface area contributed by atoms with E-state index in [0.717, 1.165) is 63.4 Å². The molecule has 7 nitrogen and oxygen atoms in total. The Kier molecular flexibility index (Phi) is 9.61. The zero-order valence-electron chi connectivity index (χ0n) is 17.1. The lowest BCUT2D eigenvalue weighted by atomic mass is 10.2. The molecule has 162 valence electrons. The van der Waals surface area contributed by atoms with E-state index in [9.17, 15) is 4.79 Å². The summed E-state index contributed by atoms with van der Waals surface area (Å²) in [6.07, 6.45) is 3.16. The molecule has 1 aromatic carbocycles. The third-order valence-corrected chi connectivity index (χ3v) is 5.42. The fraction of sp³-hybridized carbons (Fsp3) is 0.600. The zero-order valence-corrected chi connectivity index (χ0v) is 20.2. The molecule has 1 unspecified atom stereocenters. The van der Waals surface area contributed by atoms with Crippen LogP contribution in [0.15, 0.2) is 23.2 Å². The van der Waals surface area contributed by atoms with Crippen molar-refractivity contribution in [2.24, 2.45) is 4.99 Å². The van der Waals surface area contributed by atoms with Gasteiger partial charge in [0.2, 0.25) is 5.91 Å². The molecule has 1 amide bonds. The molecular weight excluding hydrogens is 505 g/mol. The predicted molar refractivity (Wildman–Crippen MR) is 129 cm³/mol. The molecule has 0 radical (unpaired) electrons. The second-order valence-electron chi connectivity index (χ2n) is 7.18. The third kappa shape index (κ3) is 6.53. The fourth-order valence-corrected chi connectivity index (χ4v) is 3.90. The van der Waals surface area contributed by atoms with Crippen LogP contribution in [0.2, 0.25) is 5.02 Å². The van der Waals surface area contributed by atoms with Crippen molar-refractivity contribution >= 4 is 53.1 Å². The van der Waals surface area contributed by atoms with Gasteiger partial charge in [0.05, 0.1) is 12.8 Å². The first kappa shape index (κ1) is 23.9. The van der Waals surface area contributed by atoms with E-state index in [4.69, 9.17) is 16.3 Å².